The van der Waals surface area contributed by atoms with Gasteiger partial charge in [0.1, 0.15) is 6.61 Å². The van der Waals surface area contributed by atoms with Crippen LogP contribution in [0.2, 0.25) is 0 Å². The van der Waals surface area contributed by atoms with E-state index in [1.165, 1.54) is 0 Å². The number of aromatic amines is 1. The molecule has 1 N–H and O–H groups in total. The highest BCUT2D eigenvalue weighted by Crippen LogP contribution is 2.13. The Morgan fingerprint density at radius 3 is 2.88 bits per heavy atom. The summed E-state index contributed by atoms with van der Waals surface area (Å²) < 4.78 is 10.2. The molecule has 0 aliphatic rings. The fourth-order valence-electron chi connectivity index (χ4n) is 1.47. The number of H-pyrrole nitrogens is 1. The molecule has 2 aromatic rings. The Hall–Kier alpha value is -1.81. The van der Waals surface area contributed by atoms with Crippen molar-refractivity contribution in [3.8, 4) is 5.75 Å². The van der Waals surface area contributed by atoms with E-state index in [-0.39, 0.29) is 5.56 Å². The number of benzene rings is 1. The number of aromatic nitrogens is 1. The summed E-state index contributed by atoms with van der Waals surface area (Å²) in [5.41, 5.74) is 0.599. The summed E-state index contributed by atoms with van der Waals surface area (Å²) >= 11 is 0. The van der Waals surface area contributed by atoms with Gasteiger partial charge in [-0.1, -0.05) is 18.2 Å². The lowest BCUT2D eigenvalue weighted by Gasteiger charge is -2.05. The van der Waals surface area contributed by atoms with Gasteiger partial charge in [-0.3, -0.25) is 4.79 Å². The topological polar surface area (TPSA) is 51.3 Å². The molecule has 0 aliphatic carbocycles. The lowest BCUT2D eigenvalue weighted by molar-refractivity contribution is 0.145. The zero-order chi connectivity index (χ0) is 11.4. The Bertz CT molecular complexity index is 533. The van der Waals surface area contributed by atoms with Crippen molar-refractivity contribution in [2.75, 3.05) is 20.3 Å². The predicted molar refractivity (Wildman–Crippen MR) is 61.9 cm³/mol. The molecule has 0 aliphatic heterocycles. The van der Waals surface area contributed by atoms with E-state index in [9.17, 15) is 4.79 Å². The van der Waals surface area contributed by atoms with Crippen LogP contribution in [-0.4, -0.2) is 25.3 Å². The van der Waals surface area contributed by atoms with Crippen LogP contribution in [0.4, 0.5) is 0 Å². The van der Waals surface area contributed by atoms with Crippen molar-refractivity contribution in [3.05, 3.63) is 40.7 Å². The van der Waals surface area contributed by atoms with Gasteiger partial charge in [-0.25, -0.2) is 0 Å². The molecule has 16 heavy (non-hydrogen) atoms. The lowest BCUT2D eigenvalue weighted by Crippen LogP contribution is -2.13. The largest absolute Gasteiger partial charge is 0.485 e. The first-order valence-electron chi connectivity index (χ1n) is 5.05. The van der Waals surface area contributed by atoms with E-state index >= 15 is 0 Å². The Labute approximate surface area is 92.8 Å². The number of ether oxygens (including phenoxy) is 2. The average molecular weight is 219 g/mol. The maximum Gasteiger partial charge on any atom is 0.290 e. The molecule has 1 aromatic heterocycles. The smallest absolute Gasteiger partial charge is 0.290 e. The van der Waals surface area contributed by atoms with Crippen molar-refractivity contribution in [1.29, 1.82) is 0 Å². The molecule has 4 heteroatoms. The zero-order valence-electron chi connectivity index (χ0n) is 9.03. The molecule has 1 aromatic carbocycles. The molecule has 0 saturated carbocycles. The van der Waals surface area contributed by atoms with E-state index in [0.717, 1.165) is 10.9 Å². The number of hydrogen-bond acceptors (Lipinski definition) is 3. The molecule has 0 radical (unpaired) electrons. The summed E-state index contributed by atoms with van der Waals surface area (Å²) in [5.74, 6) is 0.329. The molecule has 2 rings (SSSR count). The van der Waals surface area contributed by atoms with Crippen molar-refractivity contribution in [1.82, 2.24) is 4.98 Å². The number of hydrogen-bond donors (Lipinski definition) is 1. The Kier molecular flexibility index (Phi) is 3.22. The van der Waals surface area contributed by atoms with Crippen LogP contribution < -0.4 is 10.3 Å². The molecule has 0 atom stereocenters. The second kappa shape index (κ2) is 4.81. The standard InChI is InChI=1S/C12H13NO3/c1-15-6-7-16-11-8-9-4-2-3-5-10(9)13-12(11)14/h2-5,8H,6-7H2,1H3,(H,13,14). The molecule has 0 saturated heterocycles. The van der Waals surface area contributed by atoms with Gasteiger partial charge in [0.15, 0.2) is 5.75 Å². The third-order valence-electron chi connectivity index (χ3n) is 2.26. The predicted octanol–water partition coefficient (Wildman–Crippen LogP) is 1.55. The lowest BCUT2D eigenvalue weighted by atomic mass is 10.2. The van der Waals surface area contributed by atoms with E-state index in [0.29, 0.717) is 19.0 Å². The van der Waals surface area contributed by atoms with Crippen LogP contribution in [0, 0.1) is 0 Å². The monoisotopic (exact) mass is 219 g/mol. The van der Waals surface area contributed by atoms with Gasteiger partial charge in [0.2, 0.25) is 0 Å². The summed E-state index contributed by atoms with van der Waals surface area (Å²) in [7, 11) is 1.59. The fraction of sp³-hybridized carbons (Fsp3) is 0.250. The minimum atomic E-state index is -0.213. The summed E-state index contributed by atoms with van der Waals surface area (Å²) in [6, 6.07) is 9.32. The van der Waals surface area contributed by atoms with Crippen LogP contribution in [0.3, 0.4) is 0 Å². The third kappa shape index (κ3) is 2.23. The SMILES string of the molecule is COCCOc1cc2ccccc2[nH]c1=O. The van der Waals surface area contributed by atoms with Gasteiger partial charge in [-0.2, -0.15) is 0 Å². The summed E-state index contributed by atoms with van der Waals surface area (Å²) in [6.45, 7) is 0.837. The van der Waals surface area contributed by atoms with E-state index in [1.54, 1.807) is 13.2 Å². The number of pyridine rings is 1. The molecule has 0 amide bonds. The van der Waals surface area contributed by atoms with Gasteiger partial charge in [-0.15, -0.1) is 0 Å². The van der Waals surface area contributed by atoms with Gasteiger partial charge in [0, 0.05) is 18.0 Å². The number of rotatable bonds is 4. The maximum absolute atomic E-state index is 11.6. The quantitative estimate of drug-likeness (QED) is 0.794. The van der Waals surface area contributed by atoms with Crippen molar-refractivity contribution >= 4 is 10.9 Å². The van der Waals surface area contributed by atoms with Gasteiger partial charge in [0.05, 0.1) is 6.61 Å². The van der Waals surface area contributed by atoms with Crippen LogP contribution in [0.5, 0.6) is 5.75 Å². The van der Waals surface area contributed by atoms with Gasteiger partial charge in [-0.05, 0) is 12.1 Å². The van der Waals surface area contributed by atoms with Crippen LogP contribution >= 0.6 is 0 Å². The second-order valence-corrected chi connectivity index (χ2v) is 3.39. The first-order valence-corrected chi connectivity index (χ1v) is 5.05. The minimum Gasteiger partial charge on any atom is -0.485 e. The number of para-hydroxylation sites is 1. The van der Waals surface area contributed by atoms with Gasteiger partial charge in [0.25, 0.3) is 5.56 Å². The first-order chi connectivity index (χ1) is 7.81. The summed E-state index contributed by atoms with van der Waals surface area (Å²) in [5, 5.41) is 0.953. The Balaban J connectivity index is 2.31. The van der Waals surface area contributed by atoms with Crippen molar-refractivity contribution in [3.63, 3.8) is 0 Å². The van der Waals surface area contributed by atoms with E-state index < -0.39 is 0 Å². The van der Waals surface area contributed by atoms with Gasteiger partial charge < -0.3 is 14.5 Å². The highest BCUT2D eigenvalue weighted by molar-refractivity contribution is 5.79. The molecular weight excluding hydrogens is 206 g/mol. The number of methoxy groups -OCH3 is 1. The first kappa shape index (κ1) is 10.7. The van der Waals surface area contributed by atoms with E-state index in [2.05, 4.69) is 4.98 Å². The maximum atomic E-state index is 11.6. The van der Waals surface area contributed by atoms with Crippen molar-refractivity contribution < 1.29 is 9.47 Å². The molecule has 4 nitrogen and oxygen atoms in total. The molecular formula is C12H13NO3. The second-order valence-electron chi connectivity index (χ2n) is 3.39. The number of fused-ring (bicyclic) bond motifs is 1. The molecule has 0 spiro atoms. The van der Waals surface area contributed by atoms with E-state index in [4.69, 9.17) is 9.47 Å². The van der Waals surface area contributed by atoms with Crippen molar-refractivity contribution in [2.45, 2.75) is 0 Å². The highest BCUT2D eigenvalue weighted by Gasteiger charge is 2.02. The molecule has 0 bridgehead atoms. The molecule has 1 heterocycles. The normalized spacial score (nSPS) is 10.6. The molecule has 0 fully saturated rings. The zero-order valence-corrected chi connectivity index (χ0v) is 9.03. The van der Waals surface area contributed by atoms with E-state index in [1.807, 2.05) is 24.3 Å². The van der Waals surface area contributed by atoms with Crippen LogP contribution in [-0.2, 0) is 4.74 Å². The fourth-order valence-corrected chi connectivity index (χ4v) is 1.47. The Morgan fingerprint density at radius 2 is 2.06 bits per heavy atom. The molecule has 84 valence electrons. The molecule has 0 unspecified atom stereocenters. The Morgan fingerprint density at radius 1 is 1.25 bits per heavy atom. The van der Waals surface area contributed by atoms with Crippen molar-refractivity contribution in [2.24, 2.45) is 0 Å². The summed E-state index contributed by atoms with van der Waals surface area (Å²) in [4.78, 5) is 14.4. The number of nitrogens with one attached hydrogen (secondary N) is 1. The van der Waals surface area contributed by atoms with Gasteiger partial charge >= 0.3 is 0 Å². The summed E-state index contributed by atoms with van der Waals surface area (Å²) in [6.07, 6.45) is 0. The van der Waals surface area contributed by atoms with Crippen LogP contribution in [0.1, 0.15) is 0 Å². The van der Waals surface area contributed by atoms with Crippen LogP contribution in [0.15, 0.2) is 35.1 Å². The van der Waals surface area contributed by atoms with Crippen LogP contribution in [0.25, 0.3) is 10.9 Å². The third-order valence-corrected chi connectivity index (χ3v) is 2.26. The average Bonchev–Trinajstić information content (AvgIpc) is 2.30. The minimum absolute atomic E-state index is 0.213. The highest BCUT2D eigenvalue weighted by atomic mass is 16.5.